The molecule has 2 aromatic rings. The molecule has 0 unspecified atom stereocenters. The van der Waals surface area contributed by atoms with Crippen LogP contribution in [0.5, 0.6) is 0 Å². The van der Waals surface area contributed by atoms with Crippen molar-refractivity contribution in [1.29, 1.82) is 0 Å². The highest BCUT2D eigenvalue weighted by molar-refractivity contribution is 7.14. The Bertz CT molecular complexity index is 678. The number of nitrogens with one attached hydrogen (secondary N) is 1. The molecule has 122 valence electrons. The van der Waals surface area contributed by atoms with Crippen LogP contribution in [0.25, 0.3) is 0 Å². The van der Waals surface area contributed by atoms with Crippen molar-refractivity contribution in [3.05, 3.63) is 51.9 Å². The van der Waals surface area contributed by atoms with Crippen molar-refractivity contribution in [3.8, 4) is 0 Å². The minimum atomic E-state index is -0.624. The molecule has 0 aliphatic rings. The van der Waals surface area contributed by atoms with E-state index in [0.717, 1.165) is 5.00 Å². The molecule has 2 rings (SSSR count). The van der Waals surface area contributed by atoms with Crippen LogP contribution in [0.15, 0.2) is 41.8 Å². The summed E-state index contributed by atoms with van der Waals surface area (Å²) >= 11 is 1.42. The number of ether oxygens (including phenoxy) is 1. The van der Waals surface area contributed by atoms with Gasteiger partial charge in [0.25, 0.3) is 5.69 Å². The molecule has 0 radical (unpaired) electrons. The third-order valence-electron chi connectivity index (χ3n) is 2.65. The Kier molecular flexibility index (Phi) is 4.85. The number of thiophene rings is 1. The highest BCUT2D eigenvalue weighted by Gasteiger charge is 2.20. The quantitative estimate of drug-likeness (QED) is 0.667. The van der Waals surface area contributed by atoms with Gasteiger partial charge in [-0.3, -0.25) is 10.1 Å². The van der Waals surface area contributed by atoms with Gasteiger partial charge in [-0.1, -0.05) is 0 Å². The van der Waals surface area contributed by atoms with Gasteiger partial charge in [0, 0.05) is 12.1 Å². The van der Waals surface area contributed by atoms with Crippen LogP contribution in [0, 0.1) is 10.1 Å². The largest absolute Gasteiger partial charge is 0.443 e. The molecule has 1 aromatic heterocycles. The van der Waals surface area contributed by atoms with Gasteiger partial charge in [-0.2, -0.15) is 0 Å². The maximum atomic E-state index is 12.0. The fourth-order valence-corrected chi connectivity index (χ4v) is 2.47. The molecule has 0 aliphatic heterocycles. The van der Waals surface area contributed by atoms with Gasteiger partial charge in [0.1, 0.15) is 10.6 Å². The number of hydrogen-bond acceptors (Lipinski definition) is 6. The van der Waals surface area contributed by atoms with Crippen LogP contribution in [0.2, 0.25) is 0 Å². The van der Waals surface area contributed by atoms with Crippen LogP contribution >= 0.6 is 11.3 Å². The monoisotopic (exact) mass is 335 g/mol. The van der Waals surface area contributed by atoms with E-state index in [-0.39, 0.29) is 5.69 Å². The van der Waals surface area contributed by atoms with E-state index < -0.39 is 16.6 Å². The van der Waals surface area contributed by atoms with Crippen molar-refractivity contribution < 1.29 is 14.5 Å². The zero-order chi connectivity index (χ0) is 17.0. The Labute approximate surface area is 137 Å². The van der Waals surface area contributed by atoms with Gasteiger partial charge in [0.2, 0.25) is 0 Å². The van der Waals surface area contributed by atoms with Gasteiger partial charge in [0.15, 0.2) is 0 Å². The van der Waals surface area contributed by atoms with Crippen molar-refractivity contribution in [2.75, 3.05) is 5.01 Å². The lowest BCUT2D eigenvalue weighted by Crippen LogP contribution is -2.41. The van der Waals surface area contributed by atoms with Crippen LogP contribution < -0.4 is 10.4 Å². The molecule has 0 fully saturated rings. The lowest BCUT2D eigenvalue weighted by atomic mass is 10.2. The average molecular weight is 335 g/mol. The van der Waals surface area contributed by atoms with E-state index in [1.54, 1.807) is 32.9 Å². The fraction of sp³-hybridized carbons (Fsp3) is 0.267. The lowest BCUT2D eigenvalue weighted by molar-refractivity contribution is -0.384. The number of nitro benzene ring substituents is 1. The van der Waals surface area contributed by atoms with Crippen LogP contribution in [0.3, 0.4) is 0 Å². The summed E-state index contributed by atoms with van der Waals surface area (Å²) in [7, 11) is 0. The van der Waals surface area contributed by atoms with Crippen molar-refractivity contribution in [2.24, 2.45) is 0 Å². The second-order valence-corrected chi connectivity index (χ2v) is 6.60. The zero-order valence-electron chi connectivity index (χ0n) is 13.0. The fourth-order valence-electron chi connectivity index (χ4n) is 1.76. The van der Waals surface area contributed by atoms with Crippen molar-refractivity contribution >= 4 is 33.8 Å². The highest BCUT2D eigenvalue weighted by atomic mass is 32.1. The maximum Gasteiger partial charge on any atom is 0.427 e. The molecular weight excluding hydrogens is 318 g/mol. The molecule has 1 aromatic carbocycles. The Morgan fingerprint density at radius 1 is 1.26 bits per heavy atom. The summed E-state index contributed by atoms with van der Waals surface area (Å²) < 4.78 is 5.25. The molecular formula is C15H17N3O4S. The molecule has 0 spiro atoms. The summed E-state index contributed by atoms with van der Waals surface area (Å²) in [5.41, 5.74) is 2.60. The van der Waals surface area contributed by atoms with Crippen LogP contribution in [-0.2, 0) is 4.74 Å². The Balaban J connectivity index is 2.25. The first-order chi connectivity index (χ1) is 10.8. The smallest absolute Gasteiger partial charge is 0.427 e. The summed E-state index contributed by atoms with van der Waals surface area (Å²) in [5.74, 6) is 0. The number of benzene rings is 1. The van der Waals surface area contributed by atoms with E-state index >= 15 is 0 Å². The number of anilines is 2. The molecule has 8 heteroatoms. The van der Waals surface area contributed by atoms with Gasteiger partial charge in [-0.25, -0.2) is 15.2 Å². The molecule has 0 bridgehead atoms. The Morgan fingerprint density at radius 3 is 2.39 bits per heavy atom. The number of hydrazine groups is 1. The number of carbonyl (C=O) groups excluding carboxylic acids is 1. The maximum absolute atomic E-state index is 12.0. The number of hydrogen-bond donors (Lipinski definition) is 1. The second-order valence-electron chi connectivity index (χ2n) is 5.67. The van der Waals surface area contributed by atoms with Crippen LogP contribution in [0.4, 0.5) is 21.2 Å². The van der Waals surface area contributed by atoms with Crippen LogP contribution in [0.1, 0.15) is 20.8 Å². The summed E-state index contributed by atoms with van der Waals surface area (Å²) in [6, 6.07) is 9.56. The van der Waals surface area contributed by atoms with E-state index in [2.05, 4.69) is 5.43 Å². The van der Waals surface area contributed by atoms with Crippen molar-refractivity contribution in [3.63, 3.8) is 0 Å². The van der Waals surface area contributed by atoms with Gasteiger partial charge in [-0.05, 0) is 50.4 Å². The molecule has 1 amide bonds. The molecule has 0 saturated carbocycles. The number of rotatable bonds is 4. The van der Waals surface area contributed by atoms with Gasteiger partial charge < -0.3 is 4.74 Å². The van der Waals surface area contributed by atoms with E-state index in [0.29, 0.717) is 5.69 Å². The molecule has 0 atom stereocenters. The molecule has 1 N–H and O–H groups in total. The van der Waals surface area contributed by atoms with Gasteiger partial charge >= 0.3 is 6.09 Å². The van der Waals surface area contributed by atoms with Gasteiger partial charge in [0.05, 0.1) is 10.6 Å². The third kappa shape index (κ3) is 4.68. The van der Waals surface area contributed by atoms with E-state index in [4.69, 9.17) is 4.74 Å². The molecule has 0 saturated heterocycles. The van der Waals surface area contributed by atoms with Crippen LogP contribution in [-0.4, -0.2) is 16.6 Å². The molecule has 23 heavy (non-hydrogen) atoms. The summed E-state index contributed by atoms with van der Waals surface area (Å²) in [5, 5.41) is 14.9. The number of nitrogens with zero attached hydrogens (tertiary/aromatic N) is 2. The standard InChI is InChI=1S/C15H17N3O4S/c1-15(2,3)22-14(19)16-17(13-5-4-10-23-13)11-6-8-12(9-7-11)18(20)21/h4-10H,1-3H3,(H,16,19). The minimum Gasteiger partial charge on any atom is -0.443 e. The highest BCUT2D eigenvalue weighted by Crippen LogP contribution is 2.29. The minimum absolute atomic E-state index is 0.0165. The van der Waals surface area contributed by atoms with E-state index in [9.17, 15) is 14.9 Å². The summed E-state index contributed by atoms with van der Waals surface area (Å²) in [6.07, 6.45) is -0.607. The summed E-state index contributed by atoms with van der Waals surface area (Å²) in [6.45, 7) is 5.32. The SMILES string of the molecule is CC(C)(C)OC(=O)NN(c1ccc([N+](=O)[O-])cc1)c1cccs1. The van der Waals surface area contributed by atoms with E-state index in [1.165, 1.54) is 28.5 Å². The first-order valence-corrected chi connectivity index (χ1v) is 7.72. The predicted octanol–water partition coefficient (Wildman–Crippen LogP) is 4.23. The number of nitro groups is 1. The van der Waals surface area contributed by atoms with Crippen molar-refractivity contribution in [2.45, 2.75) is 26.4 Å². The summed E-state index contributed by atoms with van der Waals surface area (Å²) in [4.78, 5) is 22.3. The molecule has 0 aliphatic carbocycles. The van der Waals surface area contributed by atoms with E-state index in [1.807, 2.05) is 17.5 Å². The Morgan fingerprint density at radius 2 is 1.91 bits per heavy atom. The molecule has 7 nitrogen and oxygen atoms in total. The average Bonchev–Trinajstić information content (AvgIpc) is 2.97. The third-order valence-corrected chi connectivity index (χ3v) is 3.50. The zero-order valence-corrected chi connectivity index (χ0v) is 13.8. The number of non-ortho nitro benzene ring substituents is 1. The lowest BCUT2D eigenvalue weighted by Gasteiger charge is -2.26. The topological polar surface area (TPSA) is 84.7 Å². The predicted molar refractivity (Wildman–Crippen MR) is 88.9 cm³/mol. The first-order valence-electron chi connectivity index (χ1n) is 6.84. The molecule has 1 heterocycles. The number of amides is 1. The van der Waals surface area contributed by atoms with Crippen molar-refractivity contribution in [1.82, 2.24) is 5.43 Å². The Hall–Kier alpha value is -2.61. The first kappa shape index (κ1) is 16.8. The normalized spacial score (nSPS) is 10.9. The number of carbonyl (C=O) groups is 1. The second kappa shape index (κ2) is 6.66. The van der Waals surface area contributed by atoms with Gasteiger partial charge in [-0.15, -0.1) is 11.3 Å².